The number of likely N-dealkylation sites (tertiary alicyclic amines) is 1. The molecule has 1 aliphatic rings. The number of hydrogen-bond acceptors (Lipinski definition) is 4. The van der Waals surface area contributed by atoms with Gasteiger partial charge in [0.05, 0.1) is 4.90 Å². The van der Waals surface area contributed by atoms with Crippen molar-refractivity contribution in [3.05, 3.63) is 29.8 Å². The highest BCUT2D eigenvalue weighted by Gasteiger charge is 2.21. The van der Waals surface area contributed by atoms with Crippen LogP contribution in [0.25, 0.3) is 0 Å². The highest BCUT2D eigenvalue weighted by molar-refractivity contribution is 7.89. The van der Waals surface area contributed by atoms with Crippen molar-refractivity contribution >= 4 is 10.0 Å². The van der Waals surface area contributed by atoms with Crippen molar-refractivity contribution in [1.82, 2.24) is 14.5 Å². The molecule has 0 radical (unpaired) electrons. The predicted octanol–water partition coefficient (Wildman–Crippen LogP) is 1.90. The van der Waals surface area contributed by atoms with Gasteiger partial charge in [-0.3, -0.25) is 0 Å². The Morgan fingerprint density at radius 1 is 1.13 bits per heavy atom. The summed E-state index contributed by atoms with van der Waals surface area (Å²) in [4.78, 5) is 2.73. The summed E-state index contributed by atoms with van der Waals surface area (Å²) in [5, 5.41) is 3.58. The summed E-state index contributed by atoms with van der Waals surface area (Å²) in [6.45, 7) is 7.79. The summed E-state index contributed by atoms with van der Waals surface area (Å²) in [5.74, 6) is 0. The number of rotatable bonds is 7. The zero-order valence-corrected chi connectivity index (χ0v) is 15.3. The maximum Gasteiger partial charge on any atom is 0.243 e. The largest absolute Gasteiger partial charge is 0.310 e. The average Bonchev–Trinajstić information content (AvgIpc) is 2.55. The standard InChI is InChI=1S/C17H29N3O2S/c1-4-20(5-2)23(21,22)17-8-6-15(7-9-17)14-18-16-10-12-19(3)13-11-16/h6-9,16,18H,4-5,10-14H2,1-3H3. The van der Waals surface area contributed by atoms with E-state index in [1.807, 2.05) is 26.0 Å². The number of piperidine rings is 1. The zero-order chi connectivity index (χ0) is 16.9. The Kier molecular flexibility index (Phi) is 6.59. The van der Waals surface area contributed by atoms with E-state index in [1.54, 1.807) is 12.1 Å². The molecule has 0 atom stereocenters. The second-order valence-corrected chi connectivity index (χ2v) is 8.13. The van der Waals surface area contributed by atoms with Gasteiger partial charge >= 0.3 is 0 Å². The van der Waals surface area contributed by atoms with E-state index in [2.05, 4.69) is 17.3 Å². The molecule has 0 amide bonds. The summed E-state index contributed by atoms with van der Waals surface area (Å²) in [5.41, 5.74) is 1.13. The van der Waals surface area contributed by atoms with Gasteiger partial charge in [0.15, 0.2) is 0 Å². The van der Waals surface area contributed by atoms with E-state index in [1.165, 1.54) is 17.1 Å². The first-order valence-electron chi connectivity index (χ1n) is 8.48. The van der Waals surface area contributed by atoms with Crippen LogP contribution in [-0.4, -0.2) is 56.9 Å². The number of benzene rings is 1. The molecule has 23 heavy (non-hydrogen) atoms. The van der Waals surface area contributed by atoms with Crippen molar-refractivity contribution in [1.29, 1.82) is 0 Å². The van der Waals surface area contributed by atoms with E-state index in [0.29, 0.717) is 24.0 Å². The second-order valence-electron chi connectivity index (χ2n) is 6.19. The van der Waals surface area contributed by atoms with Gasteiger partial charge in [-0.2, -0.15) is 4.31 Å². The predicted molar refractivity (Wildman–Crippen MR) is 93.9 cm³/mol. The van der Waals surface area contributed by atoms with Gasteiger partial charge < -0.3 is 10.2 Å². The van der Waals surface area contributed by atoms with Gasteiger partial charge in [0.2, 0.25) is 10.0 Å². The fourth-order valence-corrected chi connectivity index (χ4v) is 4.42. The Bertz CT molecular complexity index is 574. The van der Waals surface area contributed by atoms with Crippen LogP contribution < -0.4 is 5.32 Å². The van der Waals surface area contributed by atoms with Crippen LogP contribution >= 0.6 is 0 Å². The van der Waals surface area contributed by atoms with Crippen LogP contribution in [0.2, 0.25) is 0 Å². The molecule has 1 aliphatic heterocycles. The minimum Gasteiger partial charge on any atom is -0.310 e. The van der Waals surface area contributed by atoms with E-state index in [9.17, 15) is 8.42 Å². The molecule has 0 spiro atoms. The van der Waals surface area contributed by atoms with E-state index in [-0.39, 0.29) is 0 Å². The van der Waals surface area contributed by atoms with Crippen molar-refractivity contribution in [3.63, 3.8) is 0 Å². The number of nitrogens with zero attached hydrogens (tertiary/aromatic N) is 2. The summed E-state index contributed by atoms with van der Waals surface area (Å²) >= 11 is 0. The summed E-state index contributed by atoms with van der Waals surface area (Å²) in [6.07, 6.45) is 2.34. The van der Waals surface area contributed by atoms with Crippen molar-refractivity contribution in [2.45, 2.75) is 44.2 Å². The third kappa shape index (κ3) is 4.76. The van der Waals surface area contributed by atoms with Gasteiger partial charge in [0.25, 0.3) is 0 Å². The molecule has 1 aromatic rings. The summed E-state index contributed by atoms with van der Waals surface area (Å²) in [6, 6.07) is 7.83. The van der Waals surface area contributed by atoms with Crippen LogP contribution in [0.3, 0.4) is 0 Å². The molecule has 1 heterocycles. The highest BCUT2D eigenvalue weighted by Crippen LogP contribution is 2.16. The summed E-state index contributed by atoms with van der Waals surface area (Å²) < 4.78 is 26.4. The van der Waals surface area contributed by atoms with Gasteiger partial charge in [-0.15, -0.1) is 0 Å². The van der Waals surface area contributed by atoms with Crippen molar-refractivity contribution in [3.8, 4) is 0 Å². The van der Waals surface area contributed by atoms with Crippen molar-refractivity contribution in [2.75, 3.05) is 33.2 Å². The van der Waals surface area contributed by atoms with Crippen molar-refractivity contribution in [2.24, 2.45) is 0 Å². The molecule has 1 N–H and O–H groups in total. The molecule has 0 unspecified atom stereocenters. The Balaban J connectivity index is 1.94. The molecule has 130 valence electrons. The maximum atomic E-state index is 12.4. The van der Waals surface area contributed by atoms with Gasteiger partial charge in [0, 0.05) is 25.7 Å². The van der Waals surface area contributed by atoms with Crippen LogP contribution in [0.1, 0.15) is 32.3 Å². The lowest BCUT2D eigenvalue weighted by molar-refractivity contribution is 0.234. The first-order chi connectivity index (χ1) is 11.0. The Hall–Kier alpha value is -0.950. The number of nitrogens with one attached hydrogen (secondary N) is 1. The van der Waals surface area contributed by atoms with E-state index < -0.39 is 10.0 Å². The van der Waals surface area contributed by atoms with Crippen LogP contribution in [0, 0.1) is 0 Å². The van der Waals surface area contributed by atoms with E-state index in [0.717, 1.165) is 25.2 Å². The molecule has 1 fully saturated rings. The molecule has 0 aliphatic carbocycles. The molecule has 0 aromatic heterocycles. The van der Waals surface area contributed by atoms with E-state index >= 15 is 0 Å². The fraction of sp³-hybridized carbons (Fsp3) is 0.647. The first-order valence-corrected chi connectivity index (χ1v) is 9.92. The highest BCUT2D eigenvalue weighted by atomic mass is 32.2. The molecule has 0 saturated carbocycles. The fourth-order valence-electron chi connectivity index (χ4n) is 2.97. The molecule has 6 heteroatoms. The quantitative estimate of drug-likeness (QED) is 0.824. The molecule has 1 aromatic carbocycles. The number of hydrogen-bond donors (Lipinski definition) is 1. The SMILES string of the molecule is CCN(CC)S(=O)(=O)c1ccc(CNC2CCN(C)CC2)cc1. The molecule has 5 nitrogen and oxygen atoms in total. The summed E-state index contributed by atoms with van der Waals surface area (Å²) in [7, 11) is -1.19. The lowest BCUT2D eigenvalue weighted by Crippen LogP contribution is -2.40. The van der Waals surface area contributed by atoms with Gasteiger partial charge in [-0.1, -0.05) is 26.0 Å². The Morgan fingerprint density at radius 3 is 2.22 bits per heavy atom. The van der Waals surface area contributed by atoms with Gasteiger partial charge in [-0.05, 0) is 50.7 Å². The lowest BCUT2D eigenvalue weighted by Gasteiger charge is -2.29. The molecule has 2 rings (SSSR count). The van der Waals surface area contributed by atoms with Crippen LogP contribution in [-0.2, 0) is 16.6 Å². The normalized spacial score (nSPS) is 17.7. The topological polar surface area (TPSA) is 52.7 Å². The zero-order valence-electron chi connectivity index (χ0n) is 14.5. The van der Waals surface area contributed by atoms with Crippen molar-refractivity contribution < 1.29 is 8.42 Å². The van der Waals surface area contributed by atoms with Crippen LogP contribution in [0.5, 0.6) is 0 Å². The Labute approximate surface area is 140 Å². The maximum absolute atomic E-state index is 12.4. The minimum atomic E-state index is -3.35. The van der Waals surface area contributed by atoms with Crippen LogP contribution in [0.15, 0.2) is 29.2 Å². The van der Waals surface area contributed by atoms with Gasteiger partial charge in [0.1, 0.15) is 0 Å². The molecule has 1 saturated heterocycles. The second kappa shape index (κ2) is 8.24. The molecule has 0 bridgehead atoms. The third-order valence-electron chi connectivity index (χ3n) is 4.58. The monoisotopic (exact) mass is 339 g/mol. The van der Waals surface area contributed by atoms with E-state index in [4.69, 9.17) is 0 Å². The molecular weight excluding hydrogens is 310 g/mol. The average molecular weight is 340 g/mol. The third-order valence-corrected chi connectivity index (χ3v) is 6.64. The molecular formula is C17H29N3O2S. The number of sulfonamides is 1. The smallest absolute Gasteiger partial charge is 0.243 e. The van der Waals surface area contributed by atoms with Gasteiger partial charge in [-0.25, -0.2) is 8.42 Å². The minimum absolute atomic E-state index is 0.379. The van der Waals surface area contributed by atoms with Crippen LogP contribution in [0.4, 0.5) is 0 Å². The lowest BCUT2D eigenvalue weighted by atomic mass is 10.1. The first kappa shape index (κ1) is 18.4. The Morgan fingerprint density at radius 2 is 1.70 bits per heavy atom.